The van der Waals surface area contributed by atoms with E-state index < -0.39 is 30.1 Å². The molecule has 11 nitrogen and oxygen atoms in total. The quantitative estimate of drug-likeness (QED) is 0.183. The van der Waals surface area contributed by atoms with Gasteiger partial charge >= 0.3 is 6.18 Å². The molecule has 4 rings (SSSR count). The van der Waals surface area contributed by atoms with Crippen LogP contribution >= 0.6 is 0 Å². The summed E-state index contributed by atoms with van der Waals surface area (Å²) in [6.07, 6.45) is -2.04. The molecule has 1 aliphatic rings. The smallest absolute Gasteiger partial charge is 0.390 e. The van der Waals surface area contributed by atoms with Gasteiger partial charge in [0.1, 0.15) is 18.1 Å². The Balaban J connectivity index is 1.60. The third-order valence-corrected chi connectivity index (χ3v) is 6.63. The van der Waals surface area contributed by atoms with Crippen molar-refractivity contribution in [3.63, 3.8) is 0 Å². The van der Waals surface area contributed by atoms with Crippen LogP contribution in [0.25, 0.3) is 0 Å². The second-order valence-electron chi connectivity index (χ2n) is 9.81. The number of methoxy groups -OCH3 is 1. The van der Waals surface area contributed by atoms with Crippen molar-refractivity contribution in [3.05, 3.63) is 59.9 Å². The molecule has 0 radical (unpaired) electrons. The molecule has 0 fully saturated rings. The highest BCUT2D eigenvalue weighted by atomic mass is 19.4. The molecular weight excluding hydrogens is 593 g/mol. The zero-order chi connectivity index (χ0) is 31.9. The van der Waals surface area contributed by atoms with Gasteiger partial charge in [-0.1, -0.05) is 6.07 Å². The van der Waals surface area contributed by atoms with Crippen LogP contribution in [0, 0.1) is 11.6 Å². The number of anilines is 2. The highest BCUT2D eigenvalue weighted by Gasteiger charge is 2.29. The van der Waals surface area contributed by atoms with Crippen molar-refractivity contribution in [1.82, 2.24) is 14.7 Å². The summed E-state index contributed by atoms with van der Waals surface area (Å²) in [7, 11) is 1.42. The summed E-state index contributed by atoms with van der Waals surface area (Å²) < 4.78 is 79.8. The molecule has 238 valence electrons. The Morgan fingerprint density at radius 3 is 2.70 bits per heavy atom. The maximum atomic E-state index is 14.9. The van der Waals surface area contributed by atoms with Gasteiger partial charge in [-0.05, 0) is 24.6 Å². The Morgan fingerprint density at radius 2 is 2.00 bits per heavy atom. The van der Waals surface area contributed by atoms with Gasteiger partial charge in [0.15, 0.2) is 23.1 Å². The number of aliphatic imine (C=N–C) groups is 1. The highest BCUT2D eigenvalue weighted by molar-refractivity contribution is 6.16. The molecule has 2 heterocycles. The molecule has 0 bridgehead atoms. The van der Waals surface area contributed by atoms with Crippen LogP contribution in [0.3, 0.4) is 0 Å². The first-order valence-electron chi connectivity index (χ1n) is 13.6. The predicted molar refractivity (Wildman–Crippen MR) is 152 cm³/mol. The van der Waals surface area contributed by atoms with Gasteiger partial charge in [0.05, 0.1) is 57.2 Å². The number of primary amides is 1. The number of hydrogen-bond donors (Lipinski definition) is 3. The van der Waals surface area contributed by atoms with Crippen LogP contribution in [0.1, 0.15) is 18.4 Å². The van der Waals surface area contributed by atoms with E-state index in [0.717, 1.165) is 6.07 Å². The average molecular weight is 626 g/mol. The first-order chi connectivity index (χ1) is 21.0. The number of alkyl halides is 3. The molecule has 4 N–H and O–H groups in total. The lowest BCUT2D eigenvalue weighted by Crippen LogP contribution is -2.41. The standard InChI is InChI=1S/C28H32F5N7O4/c1-43-23-12-19-21(13-24(23)44-11-3-7-38(9-10-41)8-6-28(31,32)33)35-17-40(22-5-2-4-20(29)26(22)30)27(19)37-18-14-36-39(15-18)16-25(34)42/h2,4-5,12-15,35,41H,3,6-11,16-17H2,1H3,(H2,34,42). The molecule has 1 aromatic heterocycles. The molecule has 2 aromatic carbocycles. The summed E-state index contributed by atoms with van der Waals surface area (Å²) in [6.45, 7) is -0.172. The topological polar surface area (TPSA) is 130 Å². The third kappa shape index (κ3) is 8.35. The van der Waals surface area contributed by atoms with Crippen LogP contribution in [-0.4, -0.2) is 84.3 Å². The Hall–Kier alpha value is -4.44. The van der Waals surface area contributed by atoms with E-state index in [9.17, 15) is 31.9 Å². The molecule has 16 heteroatoms. The molecule has 0 saturated carbocycles. The van der Waals surface area contributed by atoms with E-state index in [4.69, 9.17) is 15.2 Å². The number of aromatic nitrogens is 2. The van der Waals surface area contributed by atoms with E-state index in [1.165, 1.54) is 46.1 Å². The fourth-order valence-corrected chi connectivity index (χ4v) is 4.58. The number of ether oxygens (including phenoxy) is 2. The van der Waals surface area contributed by atoms with Crippen LogP contribution < -0.4 is 25.4 Å². The van der Waals surface area contributed by atoms with Gasteiger partial charge in [-0.25, -0.2) is 13.8 Å². The minimum atomic E-state index is -4.30. The Morgan fingerprint density at radius 1 is 1.20 bits per heavy atom. The number of carbonyl (C=O) groups is 1. The van der Waals surface area contributed by atoms with Gasteiger partial charge in [0, 0.05) is 31.3 Å². The van der Waals surface area contributed by atoms with E-state index >= 15 is 0 Å². The minimum Gasteiger partial charge on any atom is -0.493 e. The lowest BCUT2D eigenvalue weighted by molar-refractivity contribution is -0.138. The molecular formula is C28H32F5N7O4. The van der Waals surface area contributed by atoms with E-state index in [1.54, 1.807) is 12.1 Å². The summed E-state index contributed by atoms with van der Waals surface area (Å²) in [5.41, 5.74) is 6.47. The summed E-state index contributed by atoms with van der Waals surface area (Å²) in [5, 5.41) is 16.4. The van der Waals surface area contributed by atoms with Crippen molar-refractivity contribution in [3.8, 4) is 11.5 Å². The number of nitrogens with one attached hydrogen (secondary N) is 1. The van der Waals surface area contributed by atoms with Crippen molar-refractivity contribution >= 4 is 28.8 Å². The number of fused-ring (bicyclic) bond motifs is 1. The van der Waals surface area contributed by atoms with Crippen molar-refractivity contribution < 1.29 is 41.3 Å². The number of nitrogens with zero attached hydrogens (tertiary/aromatic N) is 5. The first kappa shape index (κ1) is 32.5. The van der Waals surface area contributed by atoms with Crippen molar-refractivity contribution in [2.75, 3.05) is 56.8 Å². The zero-order valence-electron chi connectivity index (χ0n) is 23.8. The zero-order valence-corrected chi connectivity index (χ0v) is 23.8. The number of aliphatic hydroxyl groups excluding tert-OH is 1. The number of amides is 1. The summed E-state index contributed by atoms with van der Waals surface area (Å²) >= 11 is 0. The number of aliphatic hydroxyl groups is 1. The van der Waals surface area contributed by atoms with E-state index in [1.807, 2.05) is 0 Å². The molecule has 0 aliphatic carbocycles. The number of hydrogen-bond acceptors (Lipinski definition) is 8. The Kier molecular flexibility index (Phi) is 10.6. The molecule has 1 aliphatic heterocycles. The number of rotatable bonds is 14. The van der Waals surface area contributed by atoms with Gasteiger partial charge in [-0.15, -0.1) is 0 Å². The number of amidine groups is 1. The van der Waals surface area contributed by atoms with Gasteiger partial charge < -0.3 is 35.4 Å². The summed E-state index contributed by atoms with van der Waals surface area (Å²) in [4.78, 5) is 18.9. The lowest BCUT2D eigenvalue weighted by atomic mass is 10.1. The molecule has 1 amide bonds. The monoisotopic (exact) mass is 625 g/mol. The Bertz CT molecular complexity index is 1480. The number of halogens is 5. The van der Waals surface area contributed by atoms with Crippen LogP contribution in [0.15, 0.2) is 47.7 Å². The lowest BCUT2D eigenvalue weighted by Gasteiger charge is -2.33. The molecule has 0 atom stereocenters. The molecule has 44 heavy (non-hydrogen) atoms. The maximum Gasteiger partial charge on any atom is 0.390 e. The fraction of sp³-hybridized carbons (Fsp3) is 0.393. The largest absolute Gasteiger partial charge is 0.493 e. The Labute approximate surface area is 249 Å². The number of nitrogens with two attached hydrogens (primary N) is 1. The maximum absolute atomic E-state index is 14.9. The van der Waals surface area contributed by atoms with E-state index in [-0.39, 0.29) is 63.3 Å². The fourth-order valence-electron chi connectivity index (χ4n) is 4.58. The molecule has 0 unspecified atom stereocenters. The normalized spacial score (nSPS) is 14.1. The van der Waals surface area contributed by atoms with E-state index in [2.05, 4.69) is 15.4 Å². The van der Waals surface area contributed by atoms with Gasteiger partial charge in [0.25, 0.3) is 0 Å². The molecule has 0 spiro atoms. The first-order valence-corrected chi connectivity index (χ1v) is 13.6. The van der Waals surface area contributed by atoms with Gasteiger partial charge in [-0.3, -0.25) is 9.48 Å². The summed E-state index contributed by atoms with van der Waals surface area (Å²) in [5.74, 6) is -1.89. The molecule has 0 saturated heterocycles. The average Bonchev–Trinajstić information content (AvgIpc) is 3.40. The van der Waals surface area contributed by atoms with Crippen molar-refractivity contribution in [1.29, 1.82) is 0 Å². The SMILES string of the molecule is COc1cc2c(cc1OCCCN(CCO)CCC(F)(F)F)NCN(c1cccc(F)c1F)C2=Nc1cnn(CC(N)=O)c1. The van der Waals surface area contributed by atoms with Gasteiger partial charge in [0.2, 0.25) is 5.91 Å². The van der Waals surface area contributed by atoms with E-state index in [0.29, 0.717) is 29.1 Å². The summed E-state index contributed by atoms with van der Waals surface area (Å²) in [6, 6.07) is 7.03. The van der Waals surface area contributed by atoms with Crippen LogP contribution in [-0.2, 0) is 11.3 Å². The van der Waals surface area contributed by atoms with Crippen molar-refractivity contribution in [2.45, 2.75) is 25.6 Å². The van der Waals surface area contributed by atoms with Crippen molar-refractivity contribution in [2.24, 2.45) is 10.7 Å². The second kappa shape index (κ2) is 14.4. The number of carbonyl (C=O) groups excluding carboxylic acids is 1. The predicted octanol–water partition coefficient (Wildman–Crippen LogP) is 3.64. The number of benzene rings is 2. The van der Waals surface area contributed by atoms with Gasteiger partial charge in [-0.2, -0.15) is 18.3 Å². The van der Waals surface area contributed by atoms with Crippen LogP contribution in [0.2, 0.25) is 0 Å². The highest BCUT2D eigenvalue weighted by Crippen LogP contribution is 2.38. The van der Waals surface area contributed by atoms with Crippen LogP contribution in [0.4, 0.5) is 39.0 Å². The molecule has 3 aromatic rings. The van der Waals surface area contributed by atoms with Crippen LogP contribution in [0.5, 0.6) is 11.5 Å². The minimum absolute atomic E-state index is 0.0112. The third-order valence-electron chi connectivity index (χ3n) is 6.63. The second-order valence-corrected chi connectivity index (χ2v) is 9.81.